The number of hydrogen-bond acceptors (Lipinski definition) is 5. The van der Waals surface area contributed by atoms with Gasteiger partial charge in [0.2, 0.25) is 5.82 Å². The quantitative estimate of drug-likeness (QED) is 0.597. The Labute approximate surface area is 147 Å². The molecule has 4 rings (SSSR count). The minimum absolute atomic E-state index is 0.0891. The molecule has 0 aliphatic rings. The maximum absolute atomic E-state index is 12.1. The van der Waals surface area contributed by atoms with Gasteiger partial charge in [-0.25, -0.2) is 4.79 Å². The zero-order chi connectivity index (χ0) is 17.4. The second kappa shape index (κ2) is 6.18. The van der Waals surface area contributed by atoms with Gasteiger partial charge in [-0.3, -0.25) is 4.57 Å². The summed E-state index contributed by atoms with van der Waals surface area (Å²) >= 11 is 1.64. The van der Waals surface area contributed by atoms with Gasteiger partial charge < -0.3 is 9.51 Å². The molecule has 25 heavy (non-hydrogen) atoms. The molecule has 0 atom stereocenters. The van der Waals surface area contributed by atoms with Crippen LogP contribution < -0.4 is 5.69 Å². The molecule has 126 valence electrons. The van der Waals surface area contributed by atoms with E-state index in [4.69, 9.17) is 4.52 Å². The van der Waals surface area contributed by atoms with E-state index in [0.717, 1.165) is 21.5 Å². The van der Waals surface area contributed by atoms with Crippen LogP contribution in [-0.4, -0.2) is 19.7 Å². The van der Waals surface area contributed by atoms with E-state index in [1.807, 2.05) is 55.6 Å². The minimum atomic E-state index is -0.116. The van der Waals surface area contributed by atoms with Crippen molar-refractivity contribution in [2.45, 2.75) is 19.9 Å². The summed E-state index contributed by atoms with van der Waals surface area (Å²) in [7, 11) is 0. The van der Waals surface area contributed by atoms with Crippen molar-refractivity contribution in [3.63, 3.8) is 0 Å². The summed E-state index contributed by atoms with van der Waals surface area (Å²) < 4.78 is 7.00. The predicted molar refractivity (Wildman–Crippen MR) is 99.5 cm³/mol. The SMILES string of the molecule is CC(C)n1c(=O)[nH]c2cc(-c3noc(/C=C/c4cccs4)n3)ccc21. The molecule has 1 aromatic carbocycles. The molecule has 3 heterocycles. The van der Waals surface area contributed by atoms with Crippen LogP contribution in [0.4, 0.5) is 0 Å². The number of imidazole rings is 1. The summed E-state index contributed by atoms with van der Waals surface area (Å²) in [6.07, 6.45) is 3.73. The lowest BCUT2D eigenvalue weighted by atomic mass is 10.2. The Hall–Kier alpha value is -2.93. The van der Waals surface area contributed by atoms with Crippen molar-refractivity contribution >= 4 is 34.5 Å². The van der Waals surface area contributed by atoms with Crippen LogP contribution in [0.15, 0.2) is 45.0 Å². The number of hydrogen-bond donors (Lipinski definition) is 1. The van der Waals surface area contributed by atoms with Crippen molar-refractivity contribution < 1.29 is 4.52 Å². The Morgan fingerprint density at radius 2 is 2.16 bits per heavy atom. The molecule has 0 aliphatic heterocycles. The summed E-state index contributed by atoms with van der Waals surface area (Å²) in [6.45, 7) is 3.96. The van der Waals surface area contributed by atoms with E-state index in [2.05, 4.69) is 15.1 Å². The van der Waals surface area contributed by atoms with Crippen LogP contribution >= 0.6 is 11.3 Å². The molecule has 3 aromatic heterocycles. The van der Waals surface area contributed by atoms with Crippen molar-refractivity contribution in [2.24, 2.45) is 0 Å². The topological polar surface area (TPSA) is 76.7 Å². The molecular formula is C18H16N4O2S. The van der Waals surface area contributed by atoms with Crippen LogP contribution in [0.5, 0.6) is 0 Å². The predicted octanol–water partition coefficient (Wildman–Crippen LogP) is 4.19. The average Bonchev–Trinajstić information content (AvgIpc) is 3.31. The van der Waals surface area contributed by atoms with Crippen molar-refractivity contribution in [2.75, 3.05) is 0 Å². The molecule has 0 radical (unpaired) electrons. The van der Waals surface area contributed by atoms with Crippen LogP contribution in [0.25, 0.3) is 34.6 Å². The van der Waals surface area contributed by atoms with Crippen molar-refractivity contribution in [3.8, 4) is 11.4 Å². The monoisotopic (exact) mass is 352 g/mol. The van der Waals surface area contributed by atoms with Crippen molar-refractivity contribution in [3.05, 3.63) is 57.0 Å². The zero-order valence-corrected chi connectivity index (χ0v) is 14.6. The van der Waals surface area contributed by atoms with Gasteiger partial charge in [0, 0.05) is 22.6 Å². The second-order valence-electron chi connectivity index (χ2n) is 5.93. The molecule has 0 saturated carbocycles. The van der Waals surface area contributed by atoms with Crippen LogP contribution in [-0.2, 0) is 0 Å². The highest BCUT2D eigenvalue weighted by molar-refractivity contribution is 7.10. The number of rotatable bonds is 4. The normalized spacial score (nSPS) is 12.0. The molecule has 1 N–H and O–H groups in total. The van der Waals surface area contributed by atoms with Crippen LogP contribution in [0, 0.1) is 0 Å². The first kappa shape index (κ1) is 15.6. The third kappa shape index (κ3) is 2.94. The van der Waals surface area contributed by atoms with E-state index >= 15 is 0 Å². The number of aromatic nitrogens is 4. The maximum atomic E-state index is 12.1. The number of benzene rings is 1. The molecular weight excluding hydrogens is 336 g/mol. The van der Waals surface area contributed by atoms with E-state index in [1.54, 1.807) is 22.0 Å². The highest BCUT2D eigenvalue weighted by Crippen LogP contribution is 2.23. The summed E-state index contributed by atoms with van der Waals surface area (Å²) in [6, 6.07) is 9.76. The number of nitrogens with one attached hydrogen (secondary N) is 1. The fourth-order valence-electron chi connectivity index (χ4n) is 2.74. The first-order valence-electron chi connectivity index (χ1n) is 7.92. The average molecular weight is 352 g/mol. The van der Waals surface area contributed by atoms with E-state index in [1.165, 1.54) is 0 Å². The van der Waals surface area contributed by atoms with Crippen molar-refractivity contribution in [1.29, 1.82) is 0 Å². The Kier molecular flexibility index (Phi) is 3.85. The second-order valence-corrected chi connectivity index (χ2v) is 6.91. The molecule has 7 heteroatoms. The number of nitrogens with zero attached hydrogens (tertiary/aromatic N) is 3. The van der Waals surface area contributed by atoms with Gasteiger partial charge in [0.05, 0.1) is 11.0 Å². The van der Waals surface area contributed by atoms with Gasteiger partial charge in [-0.2, -0.15) is 4.98 Å². The molecule has 6 nitrogen and oxygen atoms in total. The fraction of sp³-hybridized carbons (Fsp3) is 0.167. The van der Waals surface area contributed by atoms with Crippen LogP contribution in [0.3, 0.4) is 0 Å². The molecule has 4 aromatic rings. The smallest absolute Gasteiger partial charge is 0.326 e. The zero-order valence-electron chi connectivity index (χ0n) is 13.8. The van der Waals surface area contributed by atoms with Crippen LogP contribution in [0.2, 0.25) is 0 Å². The first-order valence-corrected chi connectivity index (χ1v) is 8.80. The molecule has 0 aliphatic carbocycles. The lowest BCUT2D eigenvalue weighted by Gasteiger charge is -2.06. The van der Waals surface area contributed by atoms with E-state index in [0.29, 0.717) is 11.7 Å². The Morgan fingerprint density at radius 3 is 2.92 bits per heavy atom. The van der Waals surface area contributed by atoms with Crippen LogP contribution in [0.1, 0.15) is 30.7 Å². The van der Waals surface area contributed by atoms with Gasteiger partial charge in [0.25, 0.3) is 5.89 Å². The first-order chi connectivity index (χ1) is 12.1. The highest BCUT2D eigenvalue weighted by atomic mass is 32.1. The van der Waals surface area contributed by atoms with Gasteiger partial charge in [-0.15, -0.1) is 11.3 Å². The van der Waals surface area contributed by atoms with E-state index < -0.39 is 0 Å². The van der Waals surface area contributed by atoms with Gasteiger partial charge >= 0.3 is 5.69 Å². The number of thiophene rings is 1. The highest BCUT2D eigenvalue weighted by Gasteiger charge is 2.12. The van der Waals surface area contributed by atoms with E-state index in [9.17, 15) is 4.79 Å². The lowest BCUT2D eigenvalue weighted by molar-refractivity contribution is 0.411. The van der Waals surface area contributed by atoms with E-state index in [-0.39, 0.29) is 11.7 Å². The maximum Gasteiger partial charge on any atom is 0.326 e. The third-order valence-corrected chi connectivity index (χ3v) is 4.70. The molecule has 0 spiro atoms. The molecule has 0 amide bonds. The standard InChI is InChI=1S/C18H16N4O2S/c1-11(2)22-15-7-5-12(10-14(15)19-18(22)23)17-20-16(24-21-17)8-6-13-4-3-9-25-13/h3-11H,1-2H3,(H,19,23)/b8-6+. The minimum Gasteiger partial charge on any atom is -0.334 e. The molecule has 0 saturated heterocycles. The number of aromatic amines is 1. The number of H-pyrrole nitrogens is 1. The fourth-order valence-corrected chi connectivity index (χ4v) is 3.36. The Balaban J connectivity index is 1.67. The van der Waals surface area contributed by atoms with Crippen molar-refractivity contribution in [1.82, 2.24) is 19.7 Å². The van der Waals surface area contributed by atoms with Gasteiger partial charge in [-0.05, 0) is 49.6 Å². The molecule has 0 fully saturated rings. The third-order valence-electron chi connectivity index (χ3n) is 3.87. The summed E-state index contributed by atoms with van der Waals surface area (Å²) in [5.41, 5.74) is 2.31. The lowest BCUT2D eigenvalue weighted by Crippen LogP contribution is -2.18. The van der Waals surface area contributed by atoms with Gasteiger partial charge in [0.1, 0.15) is 0 Å². The summed E-state index contributed by atoms with van der Waals surface area (Å²) in [4.78, 5) is 20.5. The Bertz CT molecular complexity index is 1100. The van der Waals surface area contributed by atoms with Gasteiger partial charge in [0.15, 0.2) is 0 Å². The molecule has 0 unspecified atom stereocenters. The summed E-state index contributed by atoms with van der Waals surface area (Å²) in [5.74, 6) is 0.933. The molecule has 0 bridgehead atoms. The summed E-state index contributed by atoms with van der Waals surface area (Å²) in [5, 5.41) is 6.04. The number of fused-ring (bicyclic) bond motifs is 1. The van der Waals surface area contributed by atoms with Gasteiger partial charge in [-0.1, -0.05) is 11.2 Å². The largest absolute Gasteiger partial charge is 0.334 e. The Morgan fingerprint density at radius 1 is 1.28 bits per heavy atom.